The highest BCUT2D eigenvalue weighted by Gasteiger charge is 2.56. The number of amides is 1. The van der Waals surface area contributed by atoms with Gasteiger partial charge < -0.3 is 10.0 Å². The van der Waals surface area contributed by atoms with Crippen LogP contribution in [0, 0.1) is 11.3 Å². The molecule has 3 atom stereocenters. The molecule has 2 aliphatic heterocycles. The highest BCUT2D eigenvalue weighted by Crippen LogP contribution is 2.50. The van der Waals surface area contributed by atoms with Crippen molar-refractivity contribution in [3.05, 3.63) is 29.8 Å². The number of carboxylic acids is 1. The highest BCUT2D eigenvalue weighted by atomic mass is 32.2. The molecule has 4 rings (SSSR count). The summed E-state index contributed by atoms with van der Waals surface area (Å²) >= 11 is 1.73. The Labute approximate surface area is 133 Å². The lowest BCUT2D eigenvalue weighted by atomic mass is 9.81. The smallest absolute Gasteiger partial charge is 0.311 e. The highest BCUT2D eigenvalue weighted by molar-refractivity contribution is 7.99. The van der Waals surface area contributed by atoms with Crippen molar-refractivity contribution in [1.82, 2.24) is 4.90 Å². The van der Waals surface area contributed by atoms with E-state index in [9.17, 15) is 14.7 Å². The molecule has 0 radical (unpaired) electrons. The average molecular weight is 317 g/mol. The second kappa shape index (κ2) is 5.01. The van der Waals surface area contributed by atoms with E-state index in [0.29, 0.717) is 19.5 Å². The molecule has 1 saturated heterocycles. The van der Waals surface area contributed by atoms with Crippen LogP contribution in [0.4, 0.5) is 0 Å². The van der Waals surface area contributed by atoms with Crippen LogP contribution in [0.15, 0.2) is 29.2 Å². The summed E-state index contributed by atoms with van der Waals surface area (Å²) < 4.78 is 0. The van der Waals surface area contributed by atoms with E-state index in [4.69, 9.17) is 0 Å². The van der Waals surface area contributed by atoms with Crippen molar-refractivity contribution in [3.8, 4) is 0 Å². The van der Waals surface area contributed by atoms with E-state index >= 15 is 0 Å². The molecule has 2 fully saturated rings. The van der Waals surface area contributed by atoms with Gasteiger partial charge in [-0.05, 0) is 30.4 Å². The molecule has 0 spiro atoms. The summed E-state index contributed by atoms with van der Waals surface area (Å²) in [5, 5.41) is 9.65. The van der Waals surface area contributed by atoms with Crippen LogP contribution >= 0.6 is 11.8 Å². The zero-order chi connectivity index (χ0) is 15.3. The predicted molar refractivity (Wildman–Crippen MR) is 83.9 cm³/mol. The van der Waals surface area contributed by atoms with Crippen LogP contribution in [0.1, 0.15) is 30.7 Å². The number of hydrogen-bond acceptors (Lipinski definition) is 3. The quantitative estimate of drug-likeness (QED) is 0.911. The zero-order valence-corrected chi connectivity index (χ0v) is 13.1. The van der Waals surface area contributed by atoms with Crippen molar-refractivity contribution in [2.75, 3.05) is 18.8 Å². The van der Waals surface area contributed by atoms with Crippen molar-refractivity contribution < 1.29 is 14.7 Å². The lowest BCUT2D eigenvalue weighted by Gasteiger charge is -2.24. The summed E-state index contributed by atoms with van der Waals surface area (Å²) in [6.45, 7) is 1.02. The predicted octanol–water partition coefficient (Wildman–Crippen LogP) is 2.59. The maximum absolute atomic E-state index is 12.9. The van der Waals surface area contributed by atoms with Gasteiger partial charge in [0.15, 0.2) is 0 Å². The van der Waals surface area contributed by atoms with Crippen molar-refractivity contribution in [1.29, 1.82) is 0 Å². The largest absolute Gasteiger partial charge is 0.481 e. The molecule has 2 heterocycles. The number of hydrogen-bond donors (Lipinski definition) is 1. The van der Waals surface area contributed by atoms with Gasteiger partial charge in [-0.15, -0.1) is 11.8 Å². The van der Waals surface area contributed by atoms with Crippen LogP contribution in [0.2, 0.25) is 0 Å². The van der Waals surface area contributed by atoms with E-state index in [1.165, 1.54) is 4.90 Å². The Balaban J connectivity index is 1.57. The summed E-state index contributed by atoms with van der Waals surface area (Å²) in [7, 11) is 0. The molecule has 1 amide bonds. The first-order valence-corrected chi connectivity index (χ1v) is 8.84. The number of carbonyl (C=O) groups is 2. The van der Waals surface area contributed by atoms with E-state index in [1.807, 2.05) is 23.1 Å². The number of carbonyl (C=O) groups excluding carboxylic acids is 1. The summed E-state index contributed by atoms with van der Waals surface area (Å²) in [5.74, 6) is 0.211. The number of rotatable bonds is 2. The Morgan fingerprint density at radius 1 is 1.32 bits per heavy atom. The van der Waals surface area contributed by atoms with E-state index in [-0.39, 0.29) is 17.7 Å². The first-order valence-electron chi connectivity index (χ1n) is 7.86. The van der Waals surface area contributed by atoms with Crippen LogP contribution in [-0.2, 0) is 9.59 Å². The number of thioether (sulfide) groups is 1. The van der Waals surface area contributed by atoms with Crippen molar-refractivity contribution in [3.63, 3.8) is 0 Å². The molecule has 1 aromatic carbocycles. The van der Waals surface area contributed by atoms with Crippen LogP contribution in [0.5, 0.6) is 0 Å². The Morgan fingerprint density at radius 3 is 2.91 bits per heavy atom. The van der Waals surface area contributed by atoms with Gasteiger partial charge in [0, 0.05) is 23.7 Å². The van der Waals surface area contributed by atoms with E-state index < -0.39 is 11.4 Å². The molecule has 1 unspecified atom stereocenters. The second-order valence-electron chi connectivity index (χ2n) is 6.67. The van der Waals surface area contributed by atoms with Gasteiger partial charge in [0.25, 0.3) is 0 Å². The SMILES string of the molecule is O=C(C1CSc2ccccc21)N1C[C@@H]2CCC[C@@]2(C(=O)O)C1. The van der Waals surface area contributed by atoms with Gasteiger partial charge in [0.2, 0.25) is 5.91 Å². The molecule has 4 nitrogen and oxygen atoms in total. The molecule has 1 aliphatic carbocycles. The Bertz CT molecular complexity index is 647. The molecule has 1 N–H and O–H groups in total. The van der Waals surface area contributed by atoms with Crippen molar-refractivity contribution >= 4 is 23.6 Å². The second-order valence-corrected chi connectivity index (χ2v) is 7.73. The number of nitrogens with zero attached hydrogens (tertiary/aromatic N) is 1. The third-order valence-electron chi connectivity index (χ3n) is 5.61. The minimum atomic E-state index is -0.716. The van der Waals surface area contributed by atoms with Gasteiger partial charge in [-0.2, -0.15) is 0 Å². The summed E-state index contributed by atoms with van der Waals surface area (Å²) in [6.07, 6.45) is 2.62. The Morgan fingerprint density at radius 2 is 2.14 bits per heavy atom. The van der Waals surface area contributed by atoms with Crippen molar-refractivity contribution in [2.24, 2.45) is 11.3 Å². The van der Waals surface area contributed by atoms with Crippen LogP contribution in [0.3, 0.4) is 0 Å². The minimum Gasteiger partial charge on any atom is -0.481 e. The molecule has 22 heavy (non-hydrogen) atoms. The van der Waals surface area contributed by atoms with Gasteiger partial charge >= 0.3 is 5.97 Å². The Hall–Kier alpha value is -1.49. The van der Waals surface area contributed by atoms with E-state index in [0.717, 1.165) is 24.2 Å². The van der Waals surface area contributed by atoms with Gasteiger partial charge in [-0.3, -0.25) is 9.59 Å². The van der Waals surface area contributed by atoms with Gasteiger partial charge in [-0.1, -0.05) is 24.6 Å². The summed E-state index contributed by atoms with van der Waals surface area (Å²) in [4.78, 5) is 27.7. The molecular formula is C17H19NO3S. The molecule has 0 aromatic heterocycles. The fourth-order valence-electron chi connectivity index (χ4n) is 4.39. The van der Waals surface area contributed by atoms with Crippen LogP contribution < -0.4 is 0 Å². The number of benzene rings is 1. The lowest BCUT2D eigenvalue weighted by molar-refractivity contribution is -0.149. The third kappa shape index (κ3) is 1.91. The maximum atomic E-state index is 12.9. The minimum absolute atomic E-state index is 0.106. The van der Waals surface area contributed by atoms with E-state index in [1.54, 1.807) is 11.8 Å². The number of aliphatic carboxylic acids is 1. The van der Waals surface area contributed by atoms with E-state index in [2.05, 4.69) is 6.07 Å². The molecular weight excluding hydrogens is 298 g/mol. The molecule has 0 bridgehead atoms. The third-order valence-corrected chi connectivity index (χ3v) is 6.79. The molecule has 1 aromatic rings. The Kier molecular flexibility index (Phi) is 3.22. The van der Waals surface area contributed by atoms with Gasteiger partial charge in [-0.25, -0.2) is 0 Å². The van der Waals surface area contributed by atoms with Crippen LogP contribution in [-0.4, -0.2) is 40.7 Å². The molecule has 5 heteroatoms. The standard InChI is InChI=1S/C17H19NO3S/c19-15(13-9-22-14-6-2-1-5-12(13)14)18-8-11-4-3-7-17(11,10-18)16(20)21/h1-2,5-6,11,13H,3-4,7-10H2,(H,20,21)/t11-,13?,17+/m0/s1. The van der Waals surface area contributed by atoms with Gasteiger partial charge in [0.1, 0.15) is 0 Å². The van der Waals surface area contributed by atoms with Crippen LogP contribution in [0.25, 0.3) is 0 Å². The van der Waals surface area contributed by atoms with Gasteiger partial charge in [0.05, 0.1) is 11.3 Å². The normalized spacial score (nSPS) is 32.8. The average Bonchev–Trinajstić information content (AvgIpc) is 3.18. The first kappa shape index (κ1) is 14.1. The first-order chi connectivity index (χ1) is 10.6. The fraction of sp³-hybridized carbons (Fsp3) is 0.529. The maximum Gasteiger partial charge on any atom is 0.311 e. The number of carboxylic acid groups (broad SMARTS) is 1. The zero-order valence-electron chi connectivity index (χ0n) is 12.3. The number of fused-ring (bicyclic) bond motifs is 2. The molecule has 1 saturated carbocycles. The summed E-state index contributed by atoms with van der Waals surface area (Å²) in [6, 6.07) is 8.06. The number of likely N-dealkylation sites (tertiary alicyclic amines) is 1. The molecule has 116 valence electrons. The fourth-order valence-corrected chi connectivity index (χ4v) is 5.61. The summed E-state index contributed by atoms with van der Waals surface area (Å²) in [5.41, 5.74) is 0.430. The lowest BCUT2D eigenvalue weighted by Crippen LogP contribution is -2.38. The van der Waals surface area contributed by atoms with Crippen molar-refractivity contribution in [2.45, 2.75) is 30.1 Å². The monoisotopic (exact) mass is 317 g/mol. The topological polar surface area (TPSA) is 57.6 Å². The molecule has 3 aliphatic rings.